The van der Waals surface area contributed by atoms with E-state index in [0.29, 0.717) is 17.9 Å². The minimum atomic E-state index is -0.162. The van der Waals surface area contributed by atoms with E-state index in [2.05, 4.69) is 28.7 Å². The van der Waals surface area contributed by atoms with Crippen molar-refractivity contribution < 1.29 is 4.79 Å². The van der Waals surface area contributed by atoms with Gasteiger partial charge in [0.2, 0.25) is 0 Å². The van der Waals surface area contributed by atoms with Gasteiger partial charge in [-0.05, 0) is 25.5 Å². The fourth-order valence-corrected chi connectivity index (χ4v) is 3.89. The van der Waals surface area contributed by atoms with Crippen LogP contribution < -0.4 is 11.1 Å². The number of aromatic nitrogens is 2. The Hall–Kier alpha value is -1.17. The Bertz CT molecular complexity index is 480. The van der Waals surface area contributed by atoms with Gasteiger partial charge in [0, 0.05) is 11.3 Å². The third-order valence-electron chi connectivity index (χ3n) is 4.37. The molecule has 2 rings (SSSR count). The molecule has 1 heterocycles. The van der Waals surface area contributed by atoms with Crippen LogP contribution in [0.15, 0.2) is 0 Å². The molecule has 6 heteroatoms. The highest BCUT2D eigenvalue weighted by molar-refractivity contribution is 8.00. The van der Waals surface area contributed by atoms with Gasteiger partial charge in [-0.15, -0.1) is 0 Å². The molecule has 1 saturated carbocycles. The number of carbonyl (C=O) groups is 1. The zero-order valence-corrected chi connectivity index (χ0v) is 13.8. The minimum absolute atomic E-state index is 0.162. The number of hydrogen-bond acceptors (Lipinski definition) is 4. The van der Waals surface area contributed by atoms with Crippen molar-refractivity contribution in [1.82, 2.24) is 15.5 Å². The molecule has 0 aliphatic heterocycles. The fourth-order valence-electron chi connectivity index (χ4n) is 2.97. The summed E-state index contributed by atoms with van der Waals surface area (Å²) in [5, 5.41) is 9.99. The summed E-state index contributed by atoms with van der Waals surface area (Å²) in [6, 6.07) is 0. The predicted molar refractivity (Wildman–Crippen MR) is 88.7 cm³/mol. The molecule has 0 saturated heterocycles. The van der Waals surface area contributed by atoms with E-state index in [1.165, 1.54) is 32.1 Å². The van der Waals surface area contributed by atoms with E-state index in [-0.39, 0.29) is 10.7 Å². The Balaban J connectivity index is 1.98. The normalized spacial score (nSPS) is 17.6. The number of nitrogens with two attached hydrogens (primary N) is 1. The quantitative estimate of drug-likeness (QED) is 0.754. The van der Waals surface area contributed by atoms with E-state index in [0.717, 1.165) is 18.5 Å². The Kier molecular flexibility index (Phi) is 5.56. The lowest BCUT2D eigenvalue weighted by atomic mass is 9.88. The monoisotopic (exact) mass is 310 g/mol. The minimum Gasteiger partial charge on any atom is -0.395 e. The number of nitrogen functional groups attached to an aromatic ring is 1. The molecule has 1 amide bonds. The van der Waals surface area contributed by atoms with Crippen LogP contribution in [0.4, 0.5) is 5.69 Å². The third kappa shape index (κ3) is 3.73. The SMILES string of the molecule is CCCc1[nH]nc(C(=O)NCC2(SC)CCCCC2)c1N. The average Bonchev–Trinajstić information content (AvgIpc) is 2.87. The lowest BCUT2D eigenvalue weighted by Crippen LogP contribution is -2.42. The van der Waals surface area contributed by atoms with Crippen LogP contribution in [0.25, 0.3) is 0 Å². The molecule has 1 fully saturated rings. The highest BCUT2D eigenvalue weighted by Gasteiger charge is 2.32. The first kappa shape index (κ1) is 16.2. The van der Waals surface area contributed by atoms with E-state index in [1.807, 2.05) is 11.8 Å². The van der Waals surface area contributed by atoms with Gasteiger partial charge in [0.25, 0.3) is 5.91 Å². The average molecular weight is 310 g/mol. The molecule has 21 heavy (non-hydrogen) atoms. The van der Waals surface area contributed by atoms with E-state index >= 15 is 0 Å². The van der Waals surface area contributed by atoms with Gasteiger partial charge in [-0.2, -0.15) is 16.9 Å². The van der Waals surface area contributed by atoms with Gasteiger partial charge in [0.15, 0.2) is 5.69 Å². The number of hydrogen-bond donors (Lipinski definition) is 3. The zero-order valence-electron chi connectivity index (χ0n) is 13.0. The van der Waals surface area contributed by atoms with Crippen LogP contribution in [0.2, 0.25) is 0 Å². The van der Waals surface area contributed by atoms with Crippen LogP contribution in [-0.4, -0.2) is 33.7 Å². The van der Waals surface area contributed by atoms with Crippen molar-refractivity contribution in [1.29, 1.82) is 0 Å². The highest BCUT2D eigenvalue weighted by atomic mass is 32.2. The number of H-pyrrole nitrogens is 1. The van der Waals surface area contributed by atoms with E-state index in [9.17, 15) is 4.79 Å². The summed E-state index contributed by atoms with van der Waals surface area (Å²) in [5.41, 5.74) is 7.70. The molecule has 4 N–H and O–H groups in total. The number of nitrogens with zero attached hydrogens (tertiary/aromatic N) is 1. The first-order chi connectivity index (χ1) is 10.1. The molecule has 0 bridgehead atoms. The van der Waals surface area contributed by atoms with Crippen LogP contribution in [0.5, 0.6) is 0 Å². The van der Waals surface area contributed by atoms with Gasteiger partial charge < -0.3 is 11.1 Å². The smallest absolute Gasteiger partial charge is 0.273 e. The van der Waals surface area contributed by atoms with Crippen molar-refractivity contribution in [2.24, 2.45) is 0 Å². The van der Waals surface area contributed by atoms with Crippen molar-refractivity contribution >= 4 is 23.4 Å². The lowest BCUT2D eigenvalue weighted by molar-refractivity contribution is 0.0943. The van der Waals surface area contributed by atoms with Gasteiger partial charge in [-0.3, -0.25) is 9.89 Å². The van der Waals surface area contributed by atoms with Gasteiger partial charge in [0.05, 0.1) is 11.4 Å². The summed E-state index contributed by atoms with van der Waals surface area (Å²) in [7, 11) is 0. The topological polar surface area (TPSA) is 83.8 Å². The second-order valence-electron chi connectivity index (χ2n) is 5.84. The lowest BCUT2D eigenvalue weighted by Gasteiger charge is -2.35. The maximum atomic E-state index is 12.3. The molecule has 5 nitrogen and oxygen atoms in total. The van der Waals surface area contributed by atoms with E-state index < -0.39 is 0 Å². The summed E-state index contributed by atoms with van der Waals surface area (Å²) < 4.78 is 0.186. The molecule has 0 aromatic carbocycles. The molecule has 0 radical (unpaired) electrons. The number of aryl methyl sites for hydroxylation is 1. The first-order valence-corrected chi connectivity index (χ1v) is 9.00. The molecule has 1 aliphatic carbocycles. The van der Waals surface area contributed by atoms with E-state index in [1.54, 1.807) is 0 Å². The second kappa shape index (κ2) is 7.20. The van der Waals surface area contributed by atoms with Crippen LogP contribution in [0.3, 0.4) is 0 Å². The number of thioether (sulfide) groups is 1. The molecule has 0 spiro atoms. The van der Waals surface area contributed by atoms with Gasteiger partial charge >= 0.3 is 0 Å². The van der Waals surface area contributed by atoms with Crippen LogP contribution >= 0.6 is 11.8 Å². The predicted octanol–water partition coefficient (Wildman–Crippen LogP) is 2.74. The van der Waals surface area contributed by atoms with Crippen molar-refractivity contribution in [2.45, 2.75) is 56.6 Å². The molecular weight excluding hydrogens is 284 g/mol. The molecule has 118 valence electrons. The Morgan fingerprint density at radius 1 is 1.43 bits per heavy atom. The van der Waals surface area contributed by atoms with Crippen molar-refractivity contribution in [3.8, 4) is 0 Å². The summed E-state index contributed by atoms with van der Waals surface area (Å²) in [4.78, 5) is 12.3. The molecule has 0 atom stereocenters. The first-order valence-electron chi connectivity index (χ1n) is 7.78. The Morgan fingerprint density at radius 3 is 2.76 bits per heavy atom. The summed E-state index contributed by atoms with van der Waals surface area (Å²) in [6.07, 6.45) is 10.1. The van der Waals surface area contributed by atoms with Crippen molar-refractivity contribution in [2.75, 3.05) is 18.5 Å². The molecule has 0 unspecified atom stereocenters. The van der Waals surface area contributed by atoms with Gasteiger partial charge in [-0.25, -0.2) is 0 Å². The summed E-state index contributed by atoms with van der Waals surface area (Å²) >= 11 is 1.87. The van der Waals surface area contributed by atoms with Gasteiger partial charge in [-0.1, -0.05) is 32.6 Å². The van der Waals surface area contributed by atoms with E-state index in [4.69, 9.17) is 5.73 Å². The largest absolute Gasteiger partial charge is 0.395 e. The maximum absolute atomic E-state index is 12.3. The van der Waals surface area contributed by atoms with Crippen LogP contribution in [0, 0.1) is 0 Å². The second-order valence-corrected chi connectivity index (χ2v) is 7.12. The fraction of sp³-hybridized carbons (Fsp3) is 0.733. The Morgan fingerprint density at radius 2 is 2.14 bits per heavy atom. The Labute approximate surface area is 130 Å². The molecule has 1 aromatic rings. The van der Waals surface area contributed by atoms with Crippen LogP contribution in [-0.2, 0) is 6.42 Å². The highest BCUT2D eigenvalue weighted by Crippen LogP contribution is 2.38. The molecule has 1 aromatic heterocycles. The van der Waals surface area contributed by atoms with Crippen molar-refractivity contribution in [3.05, 3.63) is 11.4 Å². The third-order valence-corrected chi connectivity index (χ3v) is 5.79. The molecular formula is C15H26N4OS. The molecule has 1 aliphatic rings. The number of aromatic amines is 1. The summed E-state index contributed by atoms with van der Waals surface area (Å²) in [6.45, 7) is 2.77. The van der Waals surface area contributed by atoms with Gasteiger partial charge in [0.1, 0.15) is 0 Å². The number of anilines is 1. The number of amides is 1. The summed E-state index contributed by atoms with van der Waals surface area (Å²) in [5.74, 6) is -0.162. The maximum Gasteiger partial charge on any atom is 0.273 e. The number of nitrogens with one attached hydrogen (secondary N) is 2. The number of rotatable bonds is 6. The van der Waals surface area contributed by atoms with Crippen molar-refractivity contribution in [3.63, 3.8) is 0 Å². The number of carbonyl (C=O) groups excluding carboxylic acids is 1. The zero-order chi connectivity index (χ0) is 15.3. The van der Waals surface area contributed by atoms with Crippen LogP contribution in [0.1, 0.15) is 61.6 Å². The standard InChI is InChI=1S/C15H26N4OS/c1-3-7-11-12(16)13(19-18-11)14(20)17-10-15(21-2)8-5-4-6-9-15/h3-10,16H2,1-2H3,(H,17,20)(H,18,19).